The first-order chi connectivity index (χ1) is 14.4. The highest BCUT2D eigenvalue weighted by atomic mass is 32.2. The van der Waals surface area contributed by atoms with Crippen LogP contribution in [-0.2, 0) is 14.8 Å². The van der Waals surface area contributed by atoms with Crippen molar-refractivity contribution in [2.75, 3.05) is 25.4 Å². The van der Waals surface area contributed by atoms with E-state index in [1.165, 1.54) is 23.1 Å². The van der Waals surface area contributed by atoms with Crippen LogP contribution in [0.15, 0.2) is 30.4 Å². The van der Waals surface area contributed by atoms with Crippen molar-refractivity contribution >= 4 is 22.0 Å². The monoisotopic (exact) mass is 455 g/mol. The lowest BCUT2D eigenvalue weighted by molar-refractivity contribution is -0.118. The van der Waals surface area contributed by atoms with E-state index in [1.807, 2.05) is 20.8 Å². The number of nitrogens with one attached hydrogen (secondary N) is 2. The number of ether oxygens (including phenoxy) is 1. The quantitative estimate of drug-likeness (QED) is 0.417. The third-order valence-corrected chi connectivity index (χ3v) is 5.87. The predicted molar refractivity (Wildman–Crippen MR) is 116 cm³/mol. The highest BCUT2D eigenvalue weighted by Crippen LogP contribution is 2.25. The fourth-order valence-electron chi connectivity index (χ4n) is 2.76. The van der Waals surface area contributed by atoms with E-state index in [4.69, 9.17) is 4.74 Å². The number of urea groups is 1. The maximum atomic E-state index is 14.0. The first-order valence-corrected chi connectivity index (χ1v) is 11.7. The number of rotatable bonds is 10. The van der Waals surface area contributed by atoms with Crippen LogP contribution in [0.1, 0.15) is 45.7 Å². The summed E-state index contributed by atoms with van der Waals surface area (Å²) in [7, 11) is -3.59. The first-order valence-electron chi connectivity index (χ1n) is 10.0. The van der Waals surface area contributed by atoms with Gasteiger partial charge in [0.05, 0.1) is 12.4 Å². The Hall–Kier alpha value is -2.46. The highest BCUT2D eigenvalue weighted by Gasteiger charge is 2.25. The van der Waals surface area contributed by atoms with Crippen molar-refractivity contribution in [1.82, 2.24) is 14.9 Å². The molecule has 172 valence electrons. The summed E-state index contributed by atoms with van der Waals surface area (Å²) in [6.07, 6.45) is 3.54. The maximum Gasteiger partial charge on any atom is 0.324 e. The van der Waals surface area contributed by atoms with E-state index in [1.54, 1.807) is 19.1 Å². The number of allylic oxidation sites excluding steroid dienone is 1. The van der Waals surface area contributed by atoms with Gasteiger partial charge < -0.3 is 9.64 Å². The summed E-state index contributed by atoms with van der Waals surface area (Å²) in [5, 5.41) is 2.17. The minimum absolute atomic E-state index is 0.000330. The molecule has 2 N–H and O–H groups in total. The number of nitrogens with zero attached hydrogens (tertiary/aromatic N) is 1. The summed E-state index contributed by atoms with van der Waals surface area (Å²) in [6.45, 7) is 8.15. The van der Waals surface area contributed by atoms with E-state index in [-0.39, 0.29) is 42.3 Å². The van der Waals surface area contributed by atoms with Gasteiger partial charge in [-0.2, -0.15) is 0 Å². The molecule has 0 aliphatic carbocycles. The van der Waals surface area contributed by atoms with Crippen molar-refractivity contribution in [3.05, 3.63) is 41.7 Å². The molecule has 10 heteroatoms. The fraction of sp³-hybridized carbons (Fsp3) is 0.524. The van der Waals surface area contributed by atoms with E-state index >= 15 is 0 Å². The standard InChI is InChI=1S/C21H30FN3O5S/c1-15(16-8-9-17(22)18(12-16)30-14-21(2,3)4)24-31(28,29)11-7-5-6-10-25-13-19(26)23-20(25)27/h5-6,8-9,12,15,24H,7,10-11,13-14H2,1-4H3,(H,23,26,27)/b6-5+. The molecule has 1 aliphatic rings. The second-order valence-corrected chi connectivity index (χ2v) is 10.6. The van der Waals surface area contributed by atoms with E-state index < -0.39 is 27.9 Å². The zero-order valence-electron chi connectivity index (χ0n) is 18.3. The summed E-state index contributed by atoms with van der Waals surface area (Å²) >= 11 is 0. The minimum atomic E-state index is -3.59. The number of amides is 3. The Morgan fingerprint density at radius 1 is 1.29 bits per heavy atom. The van der Waals surface area contributed by atoms with Crippen molar-refractivity contribution in [2.24, 2.45) is 5.41 Å². The number of sulfonamides is 1. The van der Waals surface area contributed by atoms with Crippen molar-refractivity contribution in [3.8, 4) is 5.75 Å². The molecule has 0 bridgehead atoms. The summed E-state index contributed by atoms with van der Waals surface area (Å²) < 4.78 is 46.9. The second kappa shape index (κ2) is 10.2. The zero-order chi connectivity index (χ0) is 23.2. The molecule has 1 aromatic rings. The number of benzene rings is 1. The summed E-state index contributed by atoms with van der Waals surface area (Å²) in [4.78, 5) is 23.9. The molecule has 1 unspecified atom stereocenters. The average molecular weight is 456 g/mol. The number of imide groups is 1. The average Bonchev–Trinajstić information content (AvgIpc) is 2.96. The van der Waals surface area contributed by atoms with Crippen molar-refractivity contribution < 1.29 is 27.1 Å². The number of carbonyl (C=O) groups excluding carboxylic acids is 2. The van der Waals surface area contributed by atoms with Crippen molar-refractivity contribution in [1.29, 1.82) is 0 Å². The Morgan fingerprint density at radius 3 is 2.61 bits per heavy atom. The summed E-state index contributed by atoms with van der Waals surface area (Å²) in [5.41, 5.74) is 0.450. The minimum Gasteiger partial charge on any atom is -0.490 e. The summed E-state index contributed by atoms with van der Waals surface area (Å²) in [6, 6.07) is 3.28. The molecule has 1 atom stereocenters. The second-order valence-electron chi connectivity index (χ2n) is 8.69. The molecule has 2 rings (SSSR count). The molecule has 8 nitrogen and oxygen atoms in total. The van der Waals surface area contributed by atoms with Gasteiger partial charge in [-0.3, -0.25) is 10.1 Å². The molecule has 0 saturated carbocycles. The third-order valence-electron chi connectivity index (χ3n) is 4.39. The predicted octanol–water partition coefficient (Wildman–Crippen LogP) is 2.73. The topological polar surface area (TPSA) is 105 Å². The molecule has 1 fully saturated rings. The largest absolute Gasteiger partial charge is 0.490 e. The number of carbonyl (C=O) groups is 2. The smallest absolute Gasteiger partial charge is 0.324 e. The van der Waals surface area contributed by atoms with Crippen LogP contribution in [0.2, 0.25) is 0 Å². The van der Waals surface area contributed by atoms with Crippen LogP contribution in [0.3, 0.4) is 0 Å². The van der Waals surface area contributed by atoms with Gasteiger partial charge >= 0.3 is 6.03 Å². The van der Waals surface area contributed by atoms with Crippen LogP contribution in [0, 0.1) is 11.2 Å². The normalized spacial score (nSPS) is 16.1. The van der Waals surface area contributed by atoms with Gasteiger partial charge in [-0.1, -0.05) is 39.0 Å². The van der Waals surface area contributed by atoms with Crippen LogP contribution in [0.5, 0.6) is 5.75 Å². The Morgan fingerprint density at radius 2 is 2.00 bits per heavy atom. The lowest BCUT2D eigenvalue weighted by Crippen LogP contribution is -2.29. The maximum absolute atomic E-state index is 14.0. The Bertz CT molecular complexity index is 941. The Labute approximate surface area is 182 Å². The molecule has 0 radical (unpaired) electrons. The van der Waals surface area contributed by atoms with Gasteiger partial charge in [-0.25, -0.2) is 22.3 Å². The van der Waals surface area contributed by atoms with Gasteiger partial charge in [0, 0.05) is 12.6 Å². The number of hydrogen-bond donors (Lipinski definition) is 2. The lowest BCUT2D eigenvalue weighted by Gasteiger charge is -2.20. The van der Waals surface area contributed by atoms with E-state index in [2.05, 4.69) is 10.0 Å². The number of halogens is 1. The molecule has 1 heterocycles. The van der Waals surface area contributed by atoms with Gasteiger partial charge in [0.2, 0.25) is 15.9 Å². The van der Waals surface area contributed by atoms with Gasteiger partial charge in [0.15, 0.2) is 11.6 Å². The molecule has 1 aromatic carbocycles. The van der Waals surface area contributed by atoms with Crippen LogP contribution >= 0.6 is 0 Å². The zero-order valence-corrected chi connectivity index (χ0v) is 19.1. The van der Waals surface area contributed by atoms with Crippen LogP contribution in [0.25, 0.3) is 0 Å². The highest BCUT2D eigenvalue weighted by molar-refractivity contribution is 7.89. The van der Waals surface area contributed by atoms with Gasteiger partial charge in [0.1, 0.15) is 6.54 Å². The van der Waals surface area contributed by atoms with Gasteiger partial charge in [-0.05, 0) is 36.5 Å². The SMILES string of the molecule is CC(NS(=O)(=O)CC/C=C/CN1CC(=O)NC1=O)c1ccc(F)c(OCC(C)(C)C)c1. The molecule has 31 heavy (non-hydrogen) atoms. The Kier molecular flexibility index (Phi) is 8.19. The molecule has 0 spiro atoms. The van der Waals surface area contributed by atoms with E-state index in [0.29, 0.717) is 12.2 Å². The molecule has 0 aromatic heterocycles. The van der Waals surface area contributed by atoms with E-state index in [0.717, 1.165) is 0 Å². The summed E-state index contributed by atoms with van der Waals surface area (Å²) in [5.74, 6) is -0.910. The van der Waals surface area contributed by atoms with Crippen LogP contribution < -0.4 is 14.8 Å². The molecular formula is C21H30FN3O5S. The Balaban J connectivity index is 1.87. The molecule has 1 aliphatic heterocycles. The van der Waals surface area contributed by atoms with E-state index in [9.17, 15) is 22.4 Å². The first kappa shape index (κ1) is 24.8. The molecule has 3 amide bonds. The van der Waals surface area contributed by atoms with Gasteiger partial charge in [-0.15, -0.1) is 0 Å². The number of hydrogen-bond acceptors (Lipinski definition) is 5. The molecule has 1 saturated heterocycles. The van der Waals surface area contributed by atoms with Crippen molar-refractivity contribution in [2.45, 2.75) is 40.2 Å². The third kappa shape index (κ3) is 8.29. The van der Waals surface area contributed by atoms with Crippen LogP contribution in [0.4, 0.5) is 9.18 Å². The lowest BCUT2D eigenvalue weighted by atomic mass is 9.98. The van der Waals surface area contributed by atoms with Gasteiger partial charge in [0.25, 0.3) is 0 Å². The fourth-order valence-corrected chi connectivity index (χ4v) is 4.00. The molecular weight excluding hydrogens is 425 g/mol. The van der Waals surface area contributed by atoms with Crippen molar-refractivity contribution in [3.63, 3.8) is 0 Å². The van der Waals surface area contributed by atoms with Crippen LogP contribution in [-0.4, -0.2) is 50.7 Å².